The molecule has 7 aromatic carbocycles. The van der Waals surface area contributed by atoms with Gasteiger partial charge in [0, 0.05) is 16.6 Å². The molecule has 222 valence electrons. The fourth-order valence-corrected chi connectivity index (χ4v) is 7.45. The van der Waals surface area contributed by atoms with E-state index in [1.807, 2.05) is 0 Å². The molecule has 0 amide bonds. The summed E-state index contributed by atoms with van der Waals surface area (Å²) in [5, 5.41) is 0. The summed E-state index contributed by atoms with van der Waals surface area (Å²) in [5.74, 6) is 3.52. The molecule has 9 rings (SSSR count). The van der Waals surface area contributed by atoms with Crippen molar-refractivity contribution < 1.29 is 9.47 Å². The first-order valence-corrected chi connectivity index (χ1v) is 16.2. The largest absolute Gasteiger partial charge is 0.458 e. The van der Waals surface area contributed by atoms with Gasteiger partial charge in [0.1, 0.15) is 23.0 Å². The number of hydrogen-bond donors (Lipinski definition) is 0. The zero-order chi connectivity index (χ0) is 31.5. The lowest BCUT2D eigenvalue weighted by Crippen LogP contribution is -2.57. The zero-order valence-corrected chi connectivity index (χ0v) is 26.3. The van der Waals surface area contributed by atoms with Crippen LogP contribution in [0.5, 0.6) is 23.0 Å². The Labute approximate surface area is 276 Å². The lowest BCUT2D eigenvalue weighted by Gasteiger charge is -2.35. The van der Waals surface area contributed by atoms with E-state index < -0.39 is 0 Å². The number of para-hydroxylation sites is 2. The number of rotatable bonds is 4. The van der Waals surface area contributed by atoms with Gasteiger partial charge < -0.3 is 9.47 Å². The van der Waals surface area contributed by atoms with Crippen LogP contribution in [-0.2, 0) is 0 Å². The fourth-order valence-electron chi connectivity index (χ4n) is 7.45. The molecule has 2 aliphatic heterocycles. The Balaban J connectivity index is 1.30. The molecule has 0 spiro atoms. The maximum Gasteiger partial charge on any atom is 0.260 e. The molecule has 0 saturated heterocycles. The van der Waals surface area contributed by atoms with Crippen molar-refractivity contribution in [1.82, 2.24) is 0 Å². The summed E-state index contributed by atoms with van der Waals surface area (Å²) in [5.41, 5.74) is 15.1. The standard InChI is InChI=1S/C44H31BO2/c1-28-25-32(21-23-34(28)30-13-5-3-6-14-30)36-27-37(33-22-24-35(29(2)26-33)31-15-7-4-8-16-31)44-42-43(36)46-40-19-11-9-17-38(40)45(42)39-18-10-12-20-41(39)47-44/h3-27H,1-2H3. The molecule has 0 radical (unpaired) electrons. The summed E-state index contributed by atoms with van der Waals surface area (Å²) in [6, 6.07) is 53.9. The summed E-state index contributed by atoms with van der Waals surface area (Å²) in [6.07, 6.45) is 0. The lowest BCUT2D eigenvalue weighted by molar-refractivity contribution is 0.467. The van der Waals surface area contributed by atoms with E-state index in [-0.39, 0.29) is 6.71 Å². The van der Waals surface area contributed by atoms with Crippen LogP contribution in [0.2, 0.25) is 0 Å². The van der Waals surface area contributed by atoms with Crippen molar-refractivity contribution in [3.05, 3.63) is 163 Å². The van der Waals surface area contributed by atoms with Crippen LogP contribution in [0.25, 0.3) is 44.5 Å². The third-order valence-corrected chi connectivity index (χ3v) is 9.68. The van der Waals surface area contributed by atoms with E-state index in [0.717, 1.165) is 61.6 Å². The van der Waals surface area contributed by atoms with Gasteiger partial charge in [-0.2, -0.15) is 0 Å². The Morgan fingerprint density at radius 3 is 1.26 bits per heavy atom. The average molecular weight is 603 g/mol. The van der Waals surface area contributed by atoms with Crippen molar-refractivity contribution >= 4 is 23.1 Å². The van der Waals surface area contributed by atoms with Gasteiger partial charge in [-0.15, -0.1) is 0 Å². The number of benzene rings is 7. The van der Waals surface area contributed by atoms with Crippen LogP contribution in [0.3, 0.4) is 0 Å². The number of aryl methyl sites for hydroxylation is 2. The van der Waals surface area contributed by atoms with Crippen LogP contribution in [0.15, 0.2) is 152 Å². The molecule has 0 N–H and O–H groups in total. The highest BCUT2D eigenvalue weighted by molar-refractivity contribution is 6.98. The minimum atomic E-state index is -0.0111. The highest BCUT2D eigenvalue weighted by atomic mass is 16.5. The summed E-state index contributed by atoms with van der Waals surface area (Å²) < 4.78 is 13.8. The normalized spacial score (nSPS) is 12.3. The maximum atomic E-state index is 6.89. The molecule has 2 heterocycles. The topological polar surface area (TPSA) is 18.5 Å². The van der Waals surface area contributed by atoms with Crippen molar-refractivity contribution in [2.45, 2.75) is 13.8 Å². The van der Waals surface area contributed by atoms with Crippen molar-refractivity contribution in [3.8, 4) is 67.5 Å². The third-order valence-electron chi connectivity index (χ3n) is 9.68. The molecule has 0 aliphatic carbocycles. The Hall–Kier alpha value is -5.80. The predicted octanol–water partition coefficient (Wildman–Crippen LogP) is 9.70. The summed E-state index contributed by atoms with van der Waals surface area (Å²) >= 11 is 0. The third kappa shape index (κ3) is 4.50. The monoisotopic (exact) mass is 602 g/mol. The van der Waals surface area contributed by atoms with Gasteiger partial charge in [-0.05, 0) is 87.5 Å². The first kappa shape index (κ1) is 27.5. The Bertz CT molecular complexity index is 2160. The van der Waals surface area contributed by atoms with Gasteiger partial charge in [0.25, 0.3) is 6.71 Å². The van der Waals surface area contributed by atoms with Gasteiger partial charge in [0.05, 0.1) is 0 Å². The van der Waals surface area contributed by atoms with Crippen molar-refractivity contribution in [2.75, 3.05) is 0 Å². The van der Waals surface area contributed by atoms with Crippen molar-refractivity contribution in [2.24, 2.45) is 0 Å². The molecule has 47 heavy (non-hydrogen) atoms. The van der Waals surface area contributed by atoms with Gasteiger partial charge in [-0.1, -0.05) is 133 Å². The van der Waals surface area contributed by atoms with E-state index >= 15 is 0 Å². The van der Waals surface area contributed by atoms with E-state index in [2.05, 4.69) is 166 Å². The van der Waals surface area contributed by atoms with Crippen LogP contribution in [0.4, 0.5) is 0 Å². The van der Waals surface area contributed by atoms with Gasteiger partial charge in [-0.3, -0.25) is 0 Å². The van der Waals surface area contributed by atoms with Crippen LogP contribution < -0.4 is 25.9 Å². The van der Waals surface area contributed by atoms with Gasteiger partial charge in [-0.25, -0.2) is 0 Å². The molecular weight excluding hydrogens is 571 g/mol. The van der Waals surface area contributed by atoms with Gasteiger partial charge in [0.2, 0.25) is 0 Å². The van der Waals surface area contributed by atoms with E-state index in [1.165, 1.54) is 33.4 Å². The van der Waals surface area contributed by atoms with Crippen molar-refractivity contribution in [1.29, 1.82) is 0 Å². The first-order chi connectivity index (χ1) is 23.1. The number of fused-ring (bicyclic) bond motifs is 4. The molecule has 2 aliphatic rings. The maximum absolute atomic E-state index is 6.89. The van der Waals surface area contributed by atoms with Crippen LogP contribution >= 0.6 is 0 Å². The number of hydrogen-bond acceptors (Lipinski definition) is 2. The van der Waals surface area contributed by atoms with Gasteiger partial charge >= 0.3 is 0 Å². The highest BCUT2D eigenvalue weighted by Gasteiger charge is 2.42. The minimum absolute atomic E-state index is 0.0111. The summed E-state index contributed by atoms with van der Waals surface area (Å²) in [7, 11) is 0. The SMILES string of the molecule is Cc1cc(-c2cc(-c3ccc(-c4ccccc4)c(C)c3)c3c4c2Oc2ccccc2B4c2ccccc2O3)ccc1-c1ccccc1. The van der Waals surface area contributed by atoms with E-state index in [1.54, 1.807) is 0 Å². The number of ether oxygens (including phenoxy) is 2. The molecule has 7 aromatic rings. The van der Waals surface area contributed by atoms with Crippen LogP contribution in [0, 0.1) is 13.8 Å². The second-order valence-electron chi connectivity index (χ2n) is 12.5. The van der Waals surface area contributed by atoms with E-state index in [4.69, 9.17) is 9.47 Å². The Morgan fingerprint density at radius 1 is 0.383 bits per heavy atom. The molecule has 0 saturated carbocycles. The van der Waals surface area contributed by atoms with Crippen LogP contribution in [0.1, 0.15) is 11.1 Å². The molecule has 0 fully saturated rings. The quantitative estimate of drug-likeness (QED) is 0.187. The minimum Gasteiger partial charge on any atom is -0.458 e. The smallest absolute Gasteiger partial charge is 0.260 e. The molecule has 0 aromatic heterocycles. The highest BCUT2D eigenvalue weighted by Crippen LogP contribution is 2.47. The zero-order valence-electron chi connectivity index (χ0n) is 26.3. The summed E-state index contributed by atoms with van der Waals surface area (Å²) in [4.78, 5) is 0. The molecule has 0 unspecified atom stereocenters. The van der Waals surface area contributed by atoms with E-state index in [0.29, 0.717) is 0 Å². The van der Waals surface area contributed by atoms with E-state index in [9.17, 15) is 0 Å². The van der Waals surface area contributed by atoms with Crippen LogP contribution in [-0.4, -0.2) is 6.71 Å². The van der Waals surface area contributed by atoms with Crippen molar-refractivity contribution in [3.63, 3.8) is 0 Å². The fraction of sp³-hybridized carbons (Fsp3) is 0.0455. The molecule has 3 heteroatoms. The average Bonchev–Trinajstić information content (AvgIpc) is 3.12. The molecule has 0 bridgehead atoms. The molecular formula is C44H31BO2. The second-order valence-corrected chi connectivity index (χ2v) is 12.5. The Kier molecular flexibility index (Phi) is 6.40. The lowest BCUT2D eigenvalue weighted by atomic mass is 9.34. The second kappa shape index (κ2) is 10.9. The molecule has 2 nitrogen and oxygen atoms in total. The predicted molar refractivity (Wildman–Crippen MR) is 195 cm³/mol. The molecule has 0 atom stereocenters. The Morgan fingerprint density at radius 2 is 0.809 bits per heavy atom. The first-order valence-electron chi connectivity index (χ1n) is 16.2. The van der Waals surface area contributed by atoms with Gasteiger partial charge in [0.15, 0.2) is 0 Å². The summed E-state index contributed by atoms with van der Waals surface area (Å²) in [6.45, 7) is 4.38.